The summed E-state index contributed by atoms with van der Waals surface area (Å²) in [4.78, 5) is 4.25. The maximum absolute atomic E-state index is 8.75. The second kappa shape index (κ2) is 5.19. The Morgan fingerprint density at radius 2 is 1.94 bits per heavy atom. The highest BCUT2D eigenvalue weighted by molar-refractivity contribution is 5.69. The highest BCUT2D eigenvalue weighted by atomic mass is 16.5. The number of rotatable bonds is 3. The molecular weight excluding hydrogens is 228 g/mol. The molecule has 0 saturated carbocycles. The van der Waals surface area contributed by atoms with Crippen LogP contribution in [0.3, 0.4) is 0 Å². The maximum Gasteiger partial charge on any atom is 0.128 e. The normalized spacial score (nSPS) is 9.61. The molecule has 1 aromatic heterocycles. The molecule has 1 heterocycles. The molecule has 0 fully saturated rings. The topological polar surface area (TPSA) is 55.1 Å². The van der Waals surface area contributed by atoms with Crippen LogP contribution in [0.4, 0.5) is 0 Å². The molecule has 0 bridgehead atoms. The van der Waals surface area contributed by atoms with E-state index in [2.05, 4.69) is 4.98 Å². The minimum absolute atomic E-state index is 0.528. The molecule has 1 aromatic carbocycles. The van der Waals surface area contributed by atoms with Crippen LogP contribution in [-0.4, -0.2) is 19.2 Å². The van der Waals surface area contributed by atoms with Gasteiger partial charge in [-0.3, -0.25) is 4.98 Å². The van der Waals surface area contributed by atoms with Gasteiger partial charge >= 0.3 is 0 Å². The van der Waals surface area contributed by atoms with Gasteiger partial charge in [0.05, 0.1) is 25.5 Å². The van der Waals surface area contributed by atoms with Gasteiger partial charge in [0.2, 0.25) is 0 Å². The third-order valence-electron chi connectivity index (χ3n) is 2.58. The fourth-order valence-electron chi connectivity index (χ4n) is 1.63. The third kappa shape index (κ3) is 2.25. The van der Waals surface area contributed by atoms with Crippen LogP contribution in [0.5, 0.6) is 11.5 Å². The molecule has 90 valence electrons. The zero-order chi connectivity index (χ0) is 13.0. The molecule has 4 heteroatoms. The molecule has 0 radical (unpaired) electrons. The molecule has 0 unspecified atom stereocenters. The van der Waals surface area contributed by atoms with Crippen LogP contribution in [-0.2, 0) is 0 Å². The summed E-state index contributed by atoms with van der Waals surface area (Å²) in [5.74, 6) is 1.45. The molecular formula is C14H12N2O2. The van der Waals surface area contributed by atoms with Gasteiger partial charge in [0, 0.05) is 11.8 Å². The summed E-state index contributed by atoms with van der Waals surface area (Å²) in [5, 5.41) is 8.75. The number of aromatic nitrogens is 1. The van der Waals surface area contributed by atoms with Gasteiger partial charge in [-0.25, -0.2) is 0 Å². The van der Waals surface area contributed by atoms with E-state index >= 15 is 0 Å². The number of pyridine rings is 1. The summed E-state index contributed by atoms with van der Waals surface area (Å²) in [5.41, 5.74) is 2.10. The minimum Gasteiger partial charge on any atom is -0.497 e. The standard InChI is InChI=1S/C14H12N2O2/c1-17-11-4-6-14(18-2)12(7-11)13-5-3-10(8-15)9-16-13/h3-7,9H,1-2H3. The fourth-order valence-corrected chi connectivity index (χ4v) is 1.63. The van der Waals surface area contributed by atoms with E-state index in [4.69, 9.17) is 14.7 Å². The number of benzene rings is 1. The third-order valence-corrected chi connectivity index (χ3v) is 2.58. The number of hydrogen-bond acceptors (Lipinski definition) is 4. The van der Waals surface area contributed by atoms with Gasteiger partial charge in [-0.2, -0.15) is 5.26 Å². The second-order valence-corrected chi connectivity index (χ2v) is 3.61. The van der Waals surface area contributed by atoms with Crippen molar-refractivity contribution in [2.24, 2.45) is 0 Å². The van der Waals surface area contributed by atoms with Crippen LogP contribution < -0.4 is 9.47 Å². The second-order valence-electron chi connectivity index (χ2n) is 3.61. The quantitative estimate of drug-likeness (QED) is 0.827. The van der Waals surface area contributed by atoms with Crippen LogP contribution in [0.25, 0.3) is 11.3 Å². The van der Waals surface area contributed by atoms with Gasteiger partial charge in [0.15, 0.2) is 0 Å². The smallest absolute Gasteiger partial charge is 0.128 e. The monoisotopic (exact) mass is 240 g/mol. The van der Waals surface area contributed by atoms with Crippen LogP contribution in [0, 0.1) is 11.3 Å². The lowest BCUT2D eigenvalue weighted by molar-refractivity contribution is 0.404. The number of methoxy groups -OCH3 is 2. The minimum atomic E-state index is 0.528. The lowest BCUT2D eigenvalue weighted by atomic mass is 10.1. The summed E-state index contributed by atoms with van der Waals surface area (Å²) in [6.07, 6.45) is 1.54. The van der Waals surface area contributed by atoms with E-state index in [0.717, 1.165) is 17.0 Å². The van der Waals surface area contributed by atoms with Crippen molar-refractivity contribution < 1.29 is 9.47 Å². The maximum atomic E-state index is 8.75. The molecule has 0 N–H and O–H groups in total. The van der Waals surface area contributed by atoms with Crippen molar-refractivity contribution in [3.63, 3.8) is 0 Å². The van der Waals surface area contributed by atoms with E-state index < -0.39 is 0 Å². The van der Waals surface area contributed by atoms with Crippen LogP contribution in [0.15, 0.2) is 36.5 Å². The van der Waals surface area contributed by atoms with Crippen LogP contribution >= 0.6 is 0 Å². The summed E-state index contributed by atoms with van der Waals surface area (Å²) < 4.78 is 10.5. The first-order valence-corrected chi connectivity index (χ1v) is 5.37. The van der Waals surface area contributed by atoms with Crippen molar-refractivity contribution in [2.45, 2.75) is 0 Å². The molecule has 4 nitrogen and oxygen atoms in total. The first kappa shape index (κ1) is 11.9. The molecule has 2 aromatic rings. The van der Waals surface area contributed by atoms with E-state index in [1.807, 2.05) is 24.3 Å². The van der Waals surface area contributed by atoms with Crippen molar-refractivity contribution in [3.05, 3.63) is 42.1 Å². The van der Waals surface area contributed by atoms with Crippen molar-refractivity contribution in [2.75, 3.05) is 14.2 Å². The average Bonchev–Trinajstić information content (AvgIpc) is 2.46. The molecule has 2 rings (SSSR count). The zero-order valence-electron chi connectivity index (χ0n) is 10.2. The van der Waals surface area contributed by atoms with Gasteiger partial charge < -0.3 is 9.47 Å². The van der Waals surface area contributed by atoms with E-state index in [9.17, 15) is 0 Å². The largest absolute Gasteiger partial charge is 0.497 e. The molecule has 0 saturated heterocycles. The van der Waals surface area contributed by atoms with E-state index in [1.165, 1.54) is 6.20 Å². The number of nitrogens with zero attached hydrogens (tertiary/aromatic N) is 2. The van der Waals surface area contributed by atoms with Crippen LogP contribution in [0.1, 0.15) is 5.56 Å². The highest BCUT2D eigenvalue weighted by Gasteiger charge is 2.08. The van der Waals surface area contributed by atoms with E-state index in [-0.39, 0.29) is 0 Å². The van der Waals surface area contributed by atoms with Crippen LogP contribution in [0.2, 0.25) is 0 Å². The number of hydrogen-bond donors (Lipinski definition) is 0. The lowest BCUT2D eigenvalue weighted by Gasteiger charge is -2.09. The number of nitriles is 1. The predicted molar refractivity (Wildman–Crippen MR) is 67.5 cm³/mol. The highest BCUT2D eigenvalue weighted by Crippen LogP contribution is 2.32. The Kier molecular flexibility index (Phi) is 3.44. The lowest BCUT2D eigenvalue weighted by Crippen LogP contribution is -1.92. The summed E-state index contributed by atoms with van der Waals surface area (Å²) >= 11 is 0. The Labute approximate surface area is 105 Å². The summed E-state index contributed by atoms with van der Waals surface area (Å²) in [6, 6.07) is 11.1. The van der Waals surface area contributed by atoms with E-state index in [1.54, 1.807) is 26.4 Å². The Bertz CT molecular complexity index is 586. The first-order chi connectivity index (χ1) is 8.78. The molecule has 0 amide bonds. The number of ether oxygens (including phenoxy) is 2. The van der Waals surface area contributed by atoms with Gasteiger partial charge in [-0.05, 0) is 30.3 Å². The first-order valence-electron chi connectivity index (χ1n) is 5.37. The van der Waals surface area contributed by atoms with Crippen molar-refractivity contribution in [3.8, 4) is 28.8 Å². The Balaban J connectivity index is 2.50. The van der Waals surface area contributed by atoms with Gasteiger partial charge in [0.25, 0.3) is 0 Å². The van der Waals surface area contributed by atoms with Crippen molar-refractivity contribution in [1.29, 1.82) is 5.26 Å². The Morgan fingerprint density at radius 1 is 1.11 bits per heavy atom. The zero-order valence-corrected chi connectivity index (χ0v) is 10.2. The van der Waals surface area contributed by atoms with Gasteiger partial charge in [0.1, 0.15) is 17.6 Å². The molecule has 18 heavy (non-hydrogen) atoms. The SMILES string of the molecule is COc1ccc(OC)c(-c2ccc(C#N)cn2)c1. The molecule has 0 aliphatic rings. The van der Waals surface area contributed by atoms with E-state index in [0.29, 0.717) is 11.3 Å². The molecule has 0 aliphatic carbocycles. The van der Waals surface area contributed by atoms with Crippen molar-refractivity contribution >= 4 is 0 Å². The molecule has 0 aliphatic heterocycles. The fraction of sp³-hybridized carbons (Fsp3) is 0.143. The Hall–Kier alpha value is -2.54. The molecule has 0 atom stereocenters. The average molecular weight is 240 g/mol. The van der Waals surface area contributed by atoms with Crippen molar-refractivity contribution in [1.82, 2.24) is 4.98 Å². The van der Waals surface area contributed by atoms with Gasteiger partial charge in [-0.15, -0.1) is 0 Å². The summed E-state index contributed by atoms with van der Waals surface area (Å²) in [6.45, 7) is 0. The summed E-state index contributed by atoms with van der Waals surface area (Å²) in [7, 11) is 3.22. The predicted octanol–water partition coefficient (Wildman–Crippen LogP) is 2.64. The Morgan fingerprint density at radius 3 is 2.50 bits per heavy atom. The molecule has 0 spiro atoms. The van der Waals surface area contributed by atoms with Gasteiger partial charge in [-0.1, -0.05) is 0 Å².